The Bertz CT molecular complexity index is 356. The molecular formula is C14H22O6. The van der Waals surface area contributed by atoms with Gasteiger partial charge in [0.2, 0.25) is 0 Å². The topological polar surface area (TPSA) is 63.2 Å². The summed E-state index contributed by atoms with van der Waals surface area (Å²) in [7, 11) is 2.92. The first-order valence-electron chi connectivity index (χ1n) is 6.80. The monoisotopic (exact) mass is 286 g/mol. The number of esters is 1. The summed E-state index contributed by atoms with van der Waals surface area (Å²) in [6.07, 6.45) is 1.01. The Kier molecular flexibility index (Phi) is 5.54. The van der Waals surface area contributed by atoms with Gasteiger partial charge < -0.3 is 23.7 Å². The van der Waals surface area contributed by atoms with Gasteiger partial charge in [0, 0.05) is 13.7 Å². The molecule has 0 N–H and O–H groups in total. The molecule has 2 heterocycles. The summed E-state index contributed by atoms with van der Waals surface area (Å²) < 4.78 is 27.0. The predicted molar refractivity (Wildman–Crippen MR) is 70.2 cm³/mol. The number of fused-ring (bicyclic) bond motifs is 1. The number of hydrogen-bond donors (Lipinski definition) is 0. The van der Waals surface area contributed by atoms with Crippen LogP contribution in [0.25, 0.3) is 0 Å². The minimum absolute atomic E-state index is 0.0780. The molecule has 2 aliphatic rings. The second kappa shape index (κ2) is 7.17. The lowest BCUT2D eigenvalue weighted by molar-refractivity contribution is -0.210. The Morgan fingerprint density at radius 1 is 1.45 bits per heavy atom. The van der Waals surface area contributed by atoms with Crippen molar-refractivity contribution in [2.24, 2.45) is 0 Å². The van der Waals surface area contributed by atoms with Crippen LogP contribution in [0.2, 0.25) is 0 Å². The molecule has 6 nitrogen and oxygen atoms in total. The molecule has 2 rings (SSSR count). The van der Waals surface area contributed by atoms with Crippen molar-refractivity contribution in [3.63, 3.8) is 0 Å². The van der Waals surface area contributed by atoms with E-state index in [1.165, 1.54) is 7.11 Å². The third-order valence-corrected chi connectivity index (χ3v) is 3.67. The fourth-order valence-corrected chi connectivity index (χ4v) is 2.65. The van der Waals surface area contributed by atoms with Crippen LogP contribution < -0.4 is 0 Å². The summed E-state index contributed by atoms with van der Waals surface area (Å²) >= 11 is 0. The number of rotatable bonds is 5. The van der Waals surface area contributed by atoms with E-state index in [4.69, 9.17) is 23.7 Å². The van der Waals surface area contributed by atoms with Gasteiger partial charge in [-0.3, -0.25) is 4.79 Å². The first kappa shape index (κ1) is 15.4. The molecule has 2 aliphatic heterocycles. The minimum atomic E-state index is -0.396. The molecule has 4 atom stereocenters. The summed E-state index contributed by atoms with van der Waals surface area (Å²) in [5.41, 5.74) is 0.704. The van der Waals surface area contributed by atoms with Crippen LogP contribution in [0.1, 0.15) is 19.3 Å². The summed E-state index contributed by atoms with van der Waals surface area (Å²) in [5.74, 6) is -0.322. The van der Waals surface area contributed by atoms with Crippen molar-refractivity contribution in [2.75, 3.05) is 27.6 Å². The average molecular weight is 286 g/mol. The largest absolute Gasteiger partial charge is 0.469 e. The third-order valence-electron chi connectivity index (χ3n) is 3.67. The lowest BCUT2D eigenvalue weighted by Gasteiger charge is -2.44. The Morgan fingerprint density at radius 3 is 2.95 bits per heavy atom. The van der Waals surface area contributed by atoms with Gasteiger partial charge in [0.05, 0.1) is 25.7 Å². The van der Waals surface area contributed by atoms with Crippen molar-refractivity contribution in [1.82, 2.24) is 0 Å². The highest BCUT2D eigenvalue weighted by Gasteiger charge is 2.44. The molecule has 0 aliphatic carbocycles. The van der Waals surface area contributed by atoms with E-state index in [1.807, 2.05) is 0 Å². The molecule has 20 heavy (non-hydrogen) atoms. The standard InChI is InChI=1S/C14H22O6/c1-9-11(7-12(15)17-3)20-10-5-4-6-18-14(10)13(9)19-8-16-2/h10-11,13-14H,1,4-8H2,2-3H3/t10-,11+,13+,14-/m0/s1. The van der Waals surface area contributed by atoms with Crippen molar-refractivity contribution in [1.29, 1.82) is 0 Å². The number of ether oxygens (including phenoxy) is 5. The van der Waals surface area contributed by atoms with Crippen molar-refractivity contribution < 1.29 is 28.5 Å². The van der Waals surface area contributed by atoms with E-state index in [2.05, 4.69) is 6.58 Å². The van der Waals surface area contributed by atoms with E-state index < -0.39 is 6.10 Å². The van der Waals surface area contributed by atoms with Gasteiger partial charge >= 0.3 is 5.97 Å². The molecule has 0 radical (unpaired) electrons. The van der Waals surface area contributed by atoms with Crippen LogP contribution in [0, 0.1) is 0 Å². The van der Waals surface area contributed by atoms with E-state index >= 15 is 0 Å². The van der Waals surface area contributed by atoms with Crippen LogP contribution in [0.5, 0.6) is 0 Å². The van der Waals surface area contributed by atoms with Crippen LogP contribution in [-0.2, 0) is 28.5 Å². The molecule has 0 aromatic carbocycles. The predicted octanol–water partition coefficient (Wildman–Crippen LogP) is 1.04. The smallest absolute Gasteiger partial charge is 0.308 e. The fraction of sp³-hybridized carbons (Fsp3) is 0.786. The van der Waals surface area contributed by atoms with Crippen molar-refractivity contribution in [3.05, 3.63) is 12.2 Å². The molecule has 2 saturated heterocycles. The van der Waals surface area contributed by atoms with Crippen molar-refractivity contribution >= 4 is 5.97 Å². The molecule has 0 unspecified atom stereocenters. The third kappa shape index (κ3) is 3.38. The Balaban J connectivity index is 2.08. The van der Waals surface area contributed by atoms with Gasteiger partial charge in [-0.2, -0.15) is 0 Å². The first-order valence-corrected chi connectivity index (χ1v) is 6.80. The van der Waals surface area contributed by atoms with Gasteiger partial charge in [-0.25, -0.2) is 0 Å². The number of hydrogen-bond acceptors (Lipinski definition) is 6. The molecular weight excluding hydrogens is 264 g/mol. The fourth-order valence-electron chi connectivity index (χ4n) is 2.65. The van der Waals surface area contributed by atoms with Gasteiger partial charge in [0.15, 0.2) is 0 Å². The first-order chi connectivity index (χ1) is 9.67. The van der Waals surface area contributed by atoms with Gasteiger partial charge in [-0.15, -0.1) is 0 Å². The molecule has 0 aromatic rings. The molecule has 0 bridgehead atoms. The summed E-state index contributed by atoms with van der Waals surface area (Å²) in [6, 6.07) is 0. The normalized spacial score (nSPS) is 33.6. The zero-order valence-corrected chi connectivity index (χ0v) is 12.0. The maximum absolute atomic E-state index is 11.5. The van der Waals surface area contributed by atoms with E-state index in [0.717, 1.165) is 12.8 Å². The second-order valence-electron chi connectivity index (χ2n) is 4.99. The van der Waals surface area contributed by atoms with Crippen LogP contribution in [0.4, 0.5) is 0 Å². The van der Waals surface area contributed by atoms with E-state index in [0.29, 0.717) is 12.2 Å². The van der Waals surface area contributed by atoms with Crippen LogP contribution in [-0.4, -0.2) is 58.0 Å². The summed E-state index contributed by atoms with van der Waals surface area (Å²) in [6.45, 7) is 4.86. The van der Waals surface area contributed by atoms with E-state index in [1.54, 1.807) is 7.11 Å². The molecule has 0 aromatic heterocycles. The SMILES string of the molecule is C=C1[C@@H](OCOC)[C@H]2OCCC[C@@H]2O[C@@H]1CC(=O)OC. The quantitative estimate of drug-likeness (QED) is 0.427. The van der Waals surface area contributed by atoms with Crippen LogP contribution in [0.15, 0.2) is 12.2 Å². The zero-order valence-electron chi connectivity index (χ0n) is 12.0. The highest BCUT2D eigenvalue weighted by atomic mass is 16.7. The molecule has 6 heteroatoms. The molecule has 114 valence electrons. The molecule has 0 amide bonds. The van der Waals surface area contributed by atoms with Crippen LogP contribution >= 0.6 is 0 Å². The van der Waals surface area contributed by atoms with Gasteiger partial charge in [0.1, 0.15) is 19.0 Å². The molecule has 2 fully saturated rings. The van der Waals surface area contributed by atoms with Crippen LogP contribution in [0.3, 0.4) is 0 Å². The lowest BCUT2D eigenvalue weighted by Crippen LogP contribution is -2.54. The maximum atomic E-state index is 11.5. The van der Waals surface area contributed by atoms with Gasteiger partial charge in [-0.1, -0.05) is 6.58 Å². The van der Waals surface area contributed by atoms with Crippen molar-refractivity contribution in [2.45, 2.75) is 43.7 Å². The van der Waals surface area contributed by atoms with Gasteiger partial charge in [0.25, 0.3) is 0 Å². The minimum Gasteiger partial charge on any atom is -0.469 e. The Hall–Kier alpha value is -0.950. The average Bonchev–Trinajstić information content (AvgIpc) is 2.47. The highest BCUT2D eigenvalue weighted by molar-refractivity contribution is 5.70. The second-order valence-corrected chi connectivity index (χ2v) is 4.99. The highest BCUT2D eigenvalue weighted by Crippen LogP contribution is 2.34. The number of carbonyl (C=O) groups excluding carboxylic acids is 1. The van der Waals surface area contributed by atoms with Crippen molar-refractivity contribution in [3.8, 4) is 0 Å². The summed E-state index contributed by atoms with van der Waals surface area (Å²) in [5, 5.41) is 0. The number of methoxy groups -OCH3 is 2. The number of carbonyl (C=O) groups is 1. The van der Waals surface area contributed by atoms with E-state index in [-0.39, 0.29) is 37.5 Å². The summed E-state index contributed by atoms with van der Waals surface area (Å²) in [4.78, 5) is 11.5. The lowest BCUT2D eigenvalue weighted by atomic mass is 9.88. The Morgan fingerprint density at radius 2 is 2.25 bits per heavy atom. The van der Waals surface area contributed by atoms with E-state index in [9.17, 15) is 4.79 Å². The zero-order chi connectivity index (χ0) is 14.5. The van der Waals surface area contributed by atoms with Gasteiger partial charge in [-0.05, 0) is 18.4 Å². The maximum Gasteiger partial charge on any atom is 0.308 e. The molecule has 0 spiro atoms. The molecule has 0 saturated carbocycles. The Labute approximate surface area is 119 Å².